The number of benzene rings is 3. The summed E-state index contributed by atoms with van der Waals surface area (Å²) in [5, 5.41) is 11.6. The molecule has 3 aromatic carbocycles. The summed E-state index contributed by atoms with van der Waals surface area (Å²) < 4.78 is 0. The molecular formula is C28H29NO2. The summed E-state index contributed by atoms with van der Waals surface area (Å²) in [4.78, 5) is 15.8. The maximum absolute atomic E-state index is 13.9. The average Bonchev–Trinajstić information content (AvgIpc) is 2.84. The first-order valence-electron chi connectivity index (χ1n) is 10.9. The Kier molecular flexibility index (Phi) is 6.06. The van der Waals surface area contributed by atoms with Crippen LogP contribution in [0.3, 0.4) is 0 Å². The summed E-state index contributed by atoms with van der Waals surface area (Å²) in [5.74, 6) is -0.0428. The highest BCUT2D eigenvalue weighted by Gasteiger charge is 2.64. The lowest BCUT2D eigenvalue weighted by atomic mass is 9.61. The third-order valence-electron chi connectivity index (χ3n) is 6.35. The molecule has 1 saturated heterocycles. The third kappa shape index (κ3) is 3.60. The molecule has 0 spiro atoms. The van der Waals surface area contributed by atoms with Gasteiger partial charge >= 0.3 is 0 Å². The van der Waals surface area contributed by atoms with Gasteiger partial charge in [0, 0.05) is 0 Å². The SMILES string of the molecule is CC/C=C/[C@]1([C@H](O)c2ccccc2)C(=O)N([C@@H](C)c2ccccc2)[C@@H]1c1ccccc1. The van der Waals surface area contributed by atoms with E-state index < -0.39 is 11.5 Å². The number of rotatable bonds is 7. The molecule has 1 aliphatic heterocycles. The predicted octanol–water partition coefficient (Wildman–Crippen LogP) is 6.02. The van der Waals surface area contributed by atoms with E-state index in [-0.39, 0.29) is 18.0 Å². The minimum atomic E-state index is -1.04. The van der Waals surface area contributed by atoms with Crippen LogP contribution in [0.1, 0.15) is 55.1 Å². The van der Waals surface area contributed by atoms with Crippen LogP contribution in [-0.4, -0.2) is 15.9 Å². The van der Waals surface area contributed by atoms with Gasteiger partial charge in [0.2, 0.25) is 5.91 Å². The zero-order chi connectivity index (χ0) is 21.8. The van der Waals surface area contributed by atoms with Gasteiger partial charge in [0.25, 0.3) is 0 Å². The van der Waals surface area contributed by atoms with Gasteiger partial charge in [0.1, 0.15) is 5.41 Å². The van der Waals surface area contributed by atoms with Gasteiger partial charge in [0.15, 0.2) is 0 Å². The van der Waals surface area contributed by atoms with Crippen LogP contribution in [0.15, 0.2) is 103 Å². The number of β-lactam (4-membered cyclic amide) rings is 1. The highest BCUT2D eigenvalue weighted by Crippen LogP contribution is 2.60. The van der Waals surface area contributed by atoms with Gasteiger partial charge < -0.3 is 10.0 Å². The van der Waals surface area contributed by atoms with Gasteiger partial charge in [-0.05, 0) is 30.0 Å². The Morgan fingerprint density at radius 3 is 1.97 bits per heavy atom. The van der Waals surface area contributed by atoms with E-state index in [2.05, 4.69) is 19.1 Å². The van der Waals surface area contributed by atoms with Crippen molar-refractivity contribution in [1.29, 1.82) is 0 Å². The molecule has 158 valence electrons. The Labute approximate surface area is 184 Å². The normalized spacial score (nSPS) is 22.9. The molecule has 0 radical (unpaired) electrons. The first-order valence-corrected chi connectivity index (χ1v) is 10.9. The Balaban J connectivity index is 1.85. The van der Waals surface area contributed by atoms with E-state index in [1.165, 1.54) is 0 Å². The van der Waals surface area contributed by atoms with Crippen LogP contribution < -0.4 is 0 Å². The minimum absolute atomic E-state index is 0.0428. The van der Waals surface area contributed by atoms with E-state index in [0.29, 0.717) is 0 Å². The lowest BCUT2D eigenvalue weighted by Gasteiger charge is -2.59. The van der Waals surface area contributed by atoms with Crippen LogP contribution in [-0.2, 0) is 4.79 Å². The third-order valence-corrected chi connectivity index (χ3v) is 6.35. The molecule has 3 nitrogen and oxygen atoms in total. The van der Waals surface area contributed by atoms with E-state index in [1.807, 2.05) is 103 Å². The fourth-order valence-electron chi connectivity index (χ4n) is 4.73. The van der Waals surface area contributed by atoms with Crippen LogP contribution in [0.2, 0.25) is 0 Å². The van der Waals surface area contributed by atoms with Crippen molar-refractivity contribution in [2.45, 2.75) is 38.5 Å². The van der Waals surface area contributed by atoms with Crippen molar-refractivity contribution in [3.63, 3.8) is 0 Å². The smallest absolute Gasteiger partial charge is 0.239 e. The molecule has 0 saturated carbocycles. The first-order chi connectivity index (χ1) is 15.1. The van der Waals surface area contributed by atoms with Crippen molar-refractivity contribution in [2.24, 2.45) is 5.41 Å². The molecular weight excluding hydrogens is 382 g/mol. The number of aliphatic hydroxyl groups is 1. The maximum atomic E-state index is 13.9. The van der Waals surface area contributed by atoms with Gasteiger partial charge in [0.05, 0.1) is 18.2 Å². The Hall–Kier alpha value is -3.17. The van der Waals surface area contributed by atoms with E-state index >= 15 is 0 Å². The largest absolute Gasteiger partial charge is 0.387 e. The van der Waals surface area contributed by atoms with Gasteiger partial charge in [-0.15, -0.1) is 0 Å². The second-order valence-corrected chi connectivity index (χ2v) is 8.17. The van der Waals surface area contributed by atoms with Gasteiger partial charge in [-0.25, -0.2) is 0 Å². The molecule has 1 amide bonds. The van der Waals surface area contributed by atoms with Crippen molar-refractivity contribution in [3.05, 3.63) is 120 Å². The lowest BCUT2D eigenvalue weighted by molar-refractivity contribution is -0.186. The predicted molar refractivity (Wildman–Crippen MR) is 124 cm³/mol. The zero-order valence-corrected chi connectivity index (χ0v) is 18.1. The molecule has 1 heterocycles. The van der Waals surface area contributed by atoms with Gasteiger partial charge in [-0.2, -0.15) is 0 Å². The summed E-state index contributed by atoms with van der Waals surface area (Å²) in [7, 11) is 0. The van der Waals surface area contributed by atoms with Crippen molar-refractivity contribution < 1.29 is 9.90 Å². The summed E-state index contributed by atoms with van der Waals surface area (Å²) in [6, 6.07) is 29.3. The molecule has 3 heteroatoms. The second kappa shape index (κ2) is 8.91. The molecule has 3 aromatic rings. The van der Waals surface area contributed by atoms with Crippen molar-refractivity contribution in [2.75, 3.05) is 0 Å². The van der Waals surface area contributed by atoms with E-state index in [4.69, 9.17) is 0 Å². The quantitative estimate of drug-likeness (QED) is 0.382. The first kappa shape index (κ1) is 21.1. The highest BCUT2D eigenvalue weighted by molar-refractivity contribution is 5.94. The number of nitrogens with zero attached hydrogens (tertiary/aromatic N) is 1. The molecule has 0 bridgehead atoms. The monoisotopic (exact) mass is 411 g/mol. The van der Waals surface area contributed by atoms with Crippen molar-refractivity contribution in [1.82, 2.24) is 4.90 Å². The Morgan fingerprint density at radius 1 is 0.903 bits per heavy atom. The average molecular weight is 412 g/mol. The number of carbonyl (C=O) groups is 1. The molecule has 4 rings (SSSR count). The molecule has 1 aliphatic rings. The summed E-state index contributed by atoms with van der Waals surface area (Å²) in [6.45, 7) is 4.11. The van der Waals surface area contributed by atoms with Crippen LogP contribution in [0, 0.1) is 5.41 Å². The van der Waals surface area contributed by atoms with Gasteiger partial charge in [-0.3, -0.25) is 4.79 Å². The number of hydrogen-bond acceptors (Lipinski definition) is 2. The number of hydrogen-bond donors (Lipinski definition) is 1. The Bertz CT molecular complexity index is 1030. The fourth-order valence-corrected chi connectivity index (χ4v) is 4.73. The standard InChI is InChI=1S/C28H29NO2/c1-3-4-20-28(26(30)24-18-12-7-13-19-24)25(23-16-10-6-11-17-23)29(27(28)31)21(2)22-14-8-5-9-15-22/h4-21,25-26,30H,3H2,1-2H3/b20-4+/t21-,25+,26+,28-/m0/s1. The van der Waals surface area contributed by atoms with E-state index in [1.54, 1.807) is 0 Å². The molecule has 1 N–H and O–H groups in total. The van der Waals surface area contributed by atoms with Crippen LogP contribution in [0.4, 0.5) is 0 Å². The number of aliphatic hydroxyl groups excluding tert-OH is 1. The summed E-state index contributed by atoms with van der Waals surface area (Å²) >= 11 is 0. The lowest BCUT2D eigenvalue weighted by Crippen LogP contribution is -2.65. The zero-order valence-electron chi connectivity index (χ0n) is 18.1. The van der Waals surface area contributed by atoms with Crippen LogP contribution in [0.5, 0.6) is 0 Å². The molecule has 1 fully saturated rings. The fraction of sp³-hybridized carbons (Fsp3) is 0.250. The summed E-state index contributed by atoms with van der Waals surface area (Å²) in [6.07, 6.45) is 3.81. The van der Waals surface area contributed by atoms with E-state index in [0.717, 1.165) is 23.1 Å². The molecule has 0 aliphatic carbocycles. The van der Waals surface area contributed by atoms with E-state index in [9.17, 15) is 9.90 Å². The van der Waals surface area contributed by atoms with Crippen molar-refractivity contribution >= 4 is 5.91 Å². The van der Waals surface area contributed by atoms with Crippen LogP contribution >= 0.6 is 0 Å². The Morgan fingerprint density at radius 2 is 1.42 bits per heavy atom. The molecule has 0 aromatic heterocycles. The molecule has 0 unspecified atom stereocenters. The highest BCUT2D eigenvalue weighted by atomic mass is 16.3. The minimum Gasteiger partial charge on any atom is -0.387 e. The molecule has 4 atom stereocenters. The summed E-state index contributed by atoms with van der Waals surface area (Å²) in [5.41, 5.74) is 1.83. The molecule has 31 heavy (non-hydrogen) atoms. The number of allylic oxidation sites excluding steroid dienone is 1. The maximum Gasteiger partial charge on any atom is 0.239 e. The second-order valence-electron chi connectivity index (χ2n) is 8.17. The topological polar surface area (TPSA) is 40.5 Å². The van der Waals surface area contributed by atoms with Crippen molar-refractivity contribution in [3.8, 4) is 0 Å². The van der Waals surface area contributed by atoms with Gasteiger partial charge in [-0.1, -0.05) is 110 Å². The number of likely N-dealkylation sites (tertiary alicyclic amines) is 1. The number of amides is 1. The van der Waals surface area contributed by atoms with Crippen LogP contribution in [0.25, 0.3) is 0 Å². The number of carbonyl (C=O) groups excluding carboxylic acids is 1.